The molecule has 0 saturated heterocycles. The van der Waals surface area contributed by atoms with Gasteiger partial charge in [0.2, 0.25) is 5.91 Å². The van der Waals surface area contributed by atoms with E-state index < -0.39 is 0 Å². The van der Waals surface area contributed by atoms with E-state index in [9.17, 15) is 4.79 Å². The molecule has 2 aromatic carbocycles. The number of hydrogen-bond acceptors (Lipinski definition) is 4. The predicted molar refractivity (Wildman–Crippen MR) is 90.4 cm³/mol. The van der Waals surface area contributed by atoms with Gasteiger partial charge in [-0.05, 0) is 49.4 Å². The highest BCUT2D eigenvalue weighted by atomic mass is 16.5. The molecule has 0 radical (unpaired) electrons. The van der Waals surface area contributed by atoms with E-state index in [1.54, 1.807) is 10.9 Å². The second-order valence-corrected chi connectivity index (χ2v) is 5.13. The maximum absolute atomic E-state index is 12.2. The molecule has 0 aliphatic heterocycles. The van der Waals surface area contributed by atoms with Gasteiger partial charge in [0.15, 0.2) is 0 Å². The first-order valence-corrected chi connectivity index (χ1v) is 7.39. The van der Waals surface area contributed by atoms with Crippen LogP contribution in [0.5, 0.6) is 5.75 Å². The molecule has 118 valence electrons. The predicted octanol–water partition coefficient (Wildman–Crippen LogP) is 2.66. The van der Waals surface area contributed by atoms with E-state index >= 15 is 0 Å². The zero-order valence-electron chi connectivity index (χ0n) is 12.8. The number of fused-ring (bicyclic) bond motifs is 1. The summed E-state index contributed by atoms with van der Waals surface area (Å²) in [4.78, 5) is 12.2. The highest BCUT2D eigenvalue weighted by molar-refractivity contribution is 5.92. The van der Waals surface area contributed by atoms with Gasteiger partial charge in [-0.25, -0.2) is 0 Å². The maximum atomic E-state index is 12.2. The number of amides is 1. The minimum Gasteiger partial charge on any atom is -0.494 e. The van der Waals surface area contributed by atoms with Crippen LogP contribution in [0.1, 0.15) is 6.92 Å². The molecule has 3 N–H and O–H groups in total. The van der Waals surface area contributed by atoms with Crippen molar-refractivity contribution in [2.75, 3.05) is 17.7 Å². The molecule has 1 amide bonds. The van der Waals surface area contributed by atoms with Gasteiger partial charge >= 0.3 is 0 Å². The summed E-state index contributed by atoms with van der Waals surface area (Å²) in [7, 11) is 0. The number of anilines is 2. The summed E-state index contributed by atoms with van der Waals surface area (Å²) in [6.07, 6.45) is 1.72. The van der Waals surface area contributed by atoms with E-state index in [4.69, 9.17) is 10.5 Å². The van der Waals surface area contributed by atoms with Gasteiger partial charge < -0.3 is 15.8 Å². The number of ether oxygens (including phenoxy) is 1. The Hall–Kier alpha value is -3.02. The topological polar surface area (TPSA) is 82.2 Å². The van der Waals surface area contributed by atoms with Crippen molar-refractivity contribution in [1.82, 2.24) is 9.78 Å². The van der Waals surface area contributed by atoms with Crippen LogP contribution in [0.2, 0.25) is 0 Å². The van der Waals surface area contributed by atoms with E-state index in [1.165, 1.54) is 0 Å². The summed E-state index contributed by atoms with van der Waals surface area (Å²) in [6, 6.07) is 12.8. The Balaban J connectivity index is 1.69. The van der Waals surface area contributed by atoms with Crippen LogP contribution in [0.25, 0.3) is 10.9 Å². The lowest BCUT2D eigenvalue weighted by atomic mass is 10.2. The standard InChI is InChI=1S/C17H18N4O2/c1-2-23-15-7-5-14(6-8-15)20-17(22)11-21-16-9-13(18)4-3-12(16)10-19-21/h3-10H,2,11,18H2,1H3,(H,20,22). The highest BCUT2D eigenvalue weighted by Gasteiger charge is 2.08. The molecular weight excluding hydrogens is 292 g/mol. The summed E-state index contributed by atoms with van der Waals surface area (Å²) in [5.41, 5.74) is 7.99. The van der Waals surface area contributed by atoms with Crippen molar-refractivity contribution >= 4 is 28.2 Å². The fraction of sp³-hybridized carbons (Fsp3) is 0.176. The van der Waals surface area contributed by atoms with Crippen molar-refractivity contribution in [2.24, 2.45) is 0 Å². The molecule has 3 rings (SSSR count). The number of carbonyl (C=O) groups excluding carboxylic acids is 1. The molecule has 1 heterocycles. The van der Waals surface area contributed by atoms with Gasteiger partial charge in [-0.1, -0.05) is 0 Å². The molecular formula is C17H18N4O2. The molecule has 0 unspecified atom stereocenters. The van der Waals surface area contributed by atoms with Gasteiger partial charge in [-0.3, -0.25) is 9.48 Å². The molecule has 6 heteroatoms. The number of benzene rings is 2. The average molecular weight is 310 g/mol. The largest absolute Gasteiger partial charge is 0.494 e. The van der Waals surface area contributed by atoms with E-state index in [0.717, 1.165) is 22.3 Å². The smallest absolute Gasteiger partial charge is 0.246 e. The molecule has 0 aliphatic rings. The Morgan fingerprint density at radius 3 is 2.78 bits per heavy atom. The minimum atomic E-state index is -0.151. The lowest BCUT2D eigenvalue weighted by Crippen LogP contribution is -2.19. The first kappa shape index (κ1) is 14.9. The molecule has 0 atom stereocenters. The second-order valence-electron chi connectivity index (χ2n) is 5.13. The number of aromatic nitrogens is 2. The van der Waals surface area contributed by atoms with Crippen LogP contribution in [0, 0.1) is 0 Å². The van der Waals surface area contributed by atoms with Gasteiger partial charge in [-0.2, -0.15) is 5.10 Å². The van der Waals surface area contributed by atoms with Gasteiger partial charge in [0.05, 0.1) is 18.3 Å². The number of nitrogen functional groups attached to an aromatic ring is 1. The van der Waals surface area contributed by atoms with Crippen molar-refractivity contribution in [2.45, 2.75) is 13.5 Å². The van der Waals surface area contributed by atoms with Gasteiger partial charge in [0, 0.05) is 16.8 Å². The average Bonchev–Trinajstić information content (AvgIpc) is 2.92. The Morgan fingerprint density at radius 2 is 2.04 bits per heavy atom. The third kappa shape index (κ3) is 3.42. The fourth-order valence-corrected chi connectivity index (χ4v) is 2.35. The van der Waals surface area contributed by atoms with Gasteiger partial charge in [-0.15, -0.1) is 0 Å². The quantitative estimate of drug-likeness (QED) is 0.710. The molecule has 0 fully saturated rings. The van der Waals surface area contributed by atoms with E-state index in [2.05, 4.69) is 10.4 Å². The van der Waals surface area contributed by atoms with Crippen LogP contribution in [0.4, 0.5) is 11.4 Å². The summed E-state index contributed by atoms with van der Waals surface area (Å²) >= 11 is 0. The van der Waals surface area contributed by atoms with Crippen LogP contribution in [-0.2, 0) is 11.3 Å². The number of nitrogens with two attached hydrogens (primary N) is 1. The van der Waals surface area contributed by atoms with Crippen LogP contribution in [0.15, 0.2) is 48.7 Å². The zero-order chi connectivity index (χ0) is 16.2. The summed E-state index contributed by atoms with van der Waals surface area (Å²) in [6.45, 7) is 2.66. The summed E-state index contributed by atoms with van der Waals surface area (Å²) < 4.78 is 7.01. The lowest BCUT2D eigenvalue weighted by molar-refractivity contribution is -0.116. The maximum Gasteiger partial charge on any atom is 0.246 e. The third-order valence-electron chi connectivity index (χ3n) is 3.41. The molecule has 0 saturated carbocycles. The molecule has 6 nitrogen and oxygen atoms in total. The molecule has 1 aromatic heterocycles. The van der Waals surface area contributed by atoms with Gasteiger partial charge in [0.25, 0.3) is 0 Å². The number of carbonyl (C=O) groups is 1. The minimum absolute atomic E-state index is 0.125. The molecule has 0 spiro atoms. The normalized spacial score (nSPS) is 10.7. The van der Waals surface area contributed by atoms with E-state index in [-0.39, 0.29) is 12.5 Å². The summed E-state index contributed by atoms with van der Waals surface area (Å²) in [5, 5.41) is 8.03. The Bertz CT molecular complexity index is 824. The first-order valence-electron chi connectivity index (χ1n) is 7.39. The SMILES string of the molecule is CCOc1ccc(NC(=O)Cn2ncc3ccc(N)cc32)cc1. The van der Waals surface area contributed by atoms with Crippen LogP contribution >= 0.6 is 0 Å². The van der Waals surface area contributed by atoms with Crippen molar-refractivity contribution in [3.05, 3.63) is 48.7 Å². The summed E-state index contributed by atoms with van der Waals surface area (Å²) in [5.74, 6) is 0.626. The number of nitrogens with zero attached hydrogens (tertiary/aromatic N) is 2. The molecule has 3 aromatic rings. The van der Waals surface area contributed by atoms with Crippen molar-refractivity contribution in [3.63, 3.8) is 0 Å². The first-order chi connectivity index (χ1) is 11.2. The second kappa shape index (κ2) is 6.39. The van der Waals surface area contributed by atoms with Gasteiger partial charge in [0.1, 0.15) is 12.3 Å². The highest BCUT2D eigenvalue weighted by Crippen LogP contribution is 2.18. The zero-order valence-corrected chi connectivity index (χ0v) is 12.8. The third-order valence-corrected chi connectivity index (χ3v) is 3.41. The van der Waals surface area contributed by atoms with Crippen molar-refractivity contribution < 1.29 is 9.53 Å². The Kier molecular flexibility index (Phi) is 4.14. The van der Waals surface area contributed by atoms with Crippen LogP contribution in [-0.4, -0.2) is 22.3 Å². The van der Waals surface area contributed by atoms with Crippen molar-refractivity contribution in [3.8, 4) is 5.75 Å². The lowest BCUT2D eigenvalue weighted by Gasteiger charge is -2.08. The fourth-order valence-electron chi connectivity index (χ4n) is 2.35. The monoisotopic (exact) mass is 310 g/mol. The Morgan fingerprint density at radius 1 is 1.26 bits per heavy atom. The number of nitrogens with one attached hydrogen (secondary N) is 1. The number of rotatable bonds is 5. The molecule has 0 aliphatic carbocycles. The molecule has 0 bridgehead atoms. The van der Waals surface area contributed by atoms with Crippen LogP contribution < -0.4 is 15.8 Å². The van der Waals surface area contributed by atoms with E-state index in [0.29, 0.717) is 12.3 Å². The van der Waals surface area contributed by atoms with Crippen molar-refractivity contribution in [1.29, 1.82) is 0 Å². The van der Waals surface area contributed by atoms with Crippen LogP contribution in [0.3, 0.4) is 0 Å². The number of hydrogen-bond donors (Lipinski definition) is 2. The Labute approximate surface area is 133 Å². The van der Waals surface area contributed by atoms with E-state index in [1.807, 2.05) is 49.4 Å². The molecule has 23 heavy (non-hydrogen) atoms.